The van der Waals surface area contributed by atoms with E-state index in [-0.39, 0.29) is 5.75 Å². The molecule has 0 aliphatic carbocycles. The van der Waals surface area contributed by atoms with Gasteiger partial charge in [0.15, 0.2) is 0 Å². The fourth-order valence-electron chi connectivity index (χ4n) is 2.24. The minimum Gasteiger partial charge on any atom is -0.507 e. The summed E-state index contributed by atoms with van der Waals surface area (Å²) in [5, 5.41) is 20.1. The molecular weight excluding hydrogens is 236 g/mol. The number of aliphatic hydroxyl groups excluding tert-OH is 1. The first-order valence-corrected chi connectivity index (χ1v) is 7.07. The molecule has 0 aliphatic heterocycles. The van der Waals surface area contributed by atoms with Crippen molar-refractivity contribution in [2.24, 2.45) is 11.8 Å². The third kappa shape index (κ3) is 5.48. The molecule has 19 heavy (non-hydrogen) atoms. The largest absolute Gasteiger partial charge is 0.507 e. The van der Waals surface area contributed by atoms with Gasteiger partial charge in [0.05, 0.1) is 6.10 Å². The number of aromatic hydroxyl groups is 1. The number of hydrogen-bond acceptors (Lipinski definition) is 2. The van der Waals surface area contributed by atoms with E-state index < -0.39 is 6.10 Å². The standard InChI is InChI=1S/C17H26O2/c1-12(2)9-14(11-15(18)10-13(3)4)16-7-5-6-8-17(16)19/h5-8,11-13,15,18-19H,9-10H2,1-4H3/b14-11-. The third-order valence-electron chi connectivity index (χ3n) is 2.98. The number of para-hydroxylation sites is 1. The Morgan fingerprint density at radius 1 is 1.11 bits per heavy atom. The molecule has 0 spiro atoms. The zero-order valence-electron chi connectivity index (χ0n) is 12.4. The Bertz CT molecular complexity index is 419. The number of hydrogen-bond donors (Lipinski definition) is 2. The van der Waals surface area contributed by atoms with Crippen LogP contribution in [0.4, 0.5) is 0 Å². The molecule has 0 heterocycles. The highest BCUT2D eigenvalue weighted by atomic mass is 16.3. The van der Waals surface area contributed by atoms with Crippen molar-refractivity contribution in [2.45, 2.75) is 46.6 Å². The molecule has 1 atom stereocenters. The Hall–Kier alpha value is -1.28. The summed E-state index contributed by atoms with van der Waals surface area (Å²) in [6.45, 7) is 8.48. The summed E-state index contributed by atoms with van der Waals surface area (Å²) in [7, 11) is 0. The van der Waals surface area contributed by atoms with Gasteiger partial charge in [0, 0.05) is 5.56 Å². The van der Waals surface area contributed by atoms with Gasteiger partial charge in [-0.05, 0) is 36.3 Å². The predicted molar refractivity (Wildman–Crippen MR) is 81.0 cm³/mol. The van der Waals surface area contributed by atoms with E-state index in [4.69, 9.17) is 0 Å². The van der Waals surface area contributed by atoms with E-state index in [9.17, 15) is 10.2 Å². The van der Waals surface area contributed by atoms with Gasteiger partial charge in [0.1, 0.15) is 5.75 Å². The molecule has 0 fully saturated rings. The summed E-state index contributed by atoms with van der Waals surface area (Å²) in [5.41, 5.74) is 1.86. The van der Waals surface area contributed by atoms with Crippen LogP contribution in [0.1, 0.15) is 46.1 Å². The van der Waals surface area contributed by atoms with Crippen LogP contribution in [0.5, 0.6) is 5.75 Å². The number of aliphatic hydroxyl groups is 1. The molecule has 0 aromatic heterocycles. The summed E-state index contributed by atoms with van der Waals surface area (Å²) in [5.74, 6) is 1.22. The number of phenolic OH excluding ortho intramolecular Hbond substituents is 1. The number of benzene rings is 1. The van der Waals surface area contributed by atoms with E-state index in [0.717, 1.165) is 24.0 Å². The molecule has 1 aromatic carbocycles. The van der Waals surface area contributed by atoms with Crippen LogP contribution in [0.15, 0.2) is 30.3 Å². The summed E-state index contributed by atoms with van der Waals surface area (Å²) >= 11 is 0. The molecule has 0 aliphatic rings. The summed E-state index contributed by atoms with van der Waals surface area (Å²) in [4.78, 5) is 0. The Balaban J connectivity index is 3.01. The molecule has 2 heteroatoms. The second-order valence-electron chi connectivity index (χ2n) is 6.00. The average molecular weight is 262 g/mol. The molecule has 0 radical (unpaired) electrons. The molecular formula is C17H26O2. The predicted octanol–water partition coefficient (Wildman–Crippen LogP) is 4.23. The Morgan fingerprint density at radius 2 is 1.74 bits per heavy atom. The van der Waals surface area contributed by atoms with Crippen molar-refractivity contribution in [3.8, 4) is 5.75 Å². The monoisotopic (exact) mass is 262 g/mol. The van der Waals surface area contributed by atoms with Gasteiger partial charge in [-0.3, -0.25) is 0 Å². The SMILES string of the molecule is CC(C)C/C(=C/C(O)CC(C)C)c1ccccc1O. The van der Waals surface area contributed by atoms with Gasteiger partial charge in [0.2, 0.25) is 0 Å². The average Bonchev–Trinajstić information content (AvgIpc) is 2.26. The van der Waals surface area contributed by atoms with Gasteiger partial charge in [-0.1, -0.05) is 52.0 Å². The fraction of sp³-hybridized carbons (Fsp3) is 0.529. The van der Waals surface area contributed by atoms with Crippen LogP contribution in [0.2, 0.25) is 0 Å². The maximum Gasteiger partial charge on any atom is 0.123 e. The topological polar surface area (TPSA) is 40.5 Å². The lowest BCUT2D eigenvalue weighted by molar-refractivity contribution is 0.195. The Kier molecular flexibility index (Phi) is 6.10. The molecule has 0 bridgehead atoms. The molecule has 2 N–H and O–H groups in total. The van der Waals surface area contributed by atoms with Crippen LogP contribution < -0.4 is 0 Å². The van der Waals surface area contributed by atoms with Crippen molar-refractivity contribution in [1.82, 2.24) is 0 Å². The van der Waals surface area contributed by atoms with Crippen molar-refractivity contribution in [1.29, 1.82) is 0 Å². The van der Waals surface area contributed by atoms with Gasteiger partial charge in [-0.15, -0.1) is 0 Å². The van der Waals surface area contributed by atoms with E-state index in [1.807, 2.05) is 24.3 Å². The molecule has 0 saturated heterocycles. The van der Waals surface area contributed by atoms with E-state index in [2.05, 4.69) is 27.7 Å². The molecule has 2 nitrogen and oxygen atoms in total. The van der Waals surface area contributed by atoms with Crippen molar-refractivity contribution < 1.29 is 10.2 Å². The second kappa shape index (κ2) is 7.34. The van der Waals surface area contributed by atoms with E-state index >= 15 is 0 Å². The Morgan fingerprint density at radius 3 is 2.26 bits per heavy atom. The van der Waals surface area contributed by atoms with E-state index in [1.165, 1.54) is 0 Å². The molecule has 106 valence electrons. The van der Waals surface area contributed by atoms with Crippen molar-refractivity contribution in [3.05, 3.63) is 35.9 Å². The number of rotatable bonds is 6. The van der Waals surface area contributed by atoms with E-state index in [1.54, 1.807) is 6.07 Å². The lowest BCUT2D eigenvalue weighted by Crippen LogP contribution is -2.08. The van der Waals surface area contributed by atoms with Crippen LogP contribution in [0.25, 0.3) is 5.57 Å². The van der Waals surface area contributed by atoms with Crippen LogP contribution >= 0.6 is 0 Å². The van der Waals surface area contributed by atoms with Gasteiger partial charge in [-0.2, -0.15) is 0 Å². The van der Waals surface area contributed by atoms with Crippen LogP contribution in [0.3, 0.4) is 0 Å². The van der Waals surface area contributed by atoms with Crippen LogP contribution in [-0.2, 0) is 0 Å². The molecule has 0 saturated carbocycles. The van der Waals surface area contributed by atoms with Gasteiger partial charge in [0.25, 0.3) is 0 Å². The van der Waals surface area contributed by atoms with Crippen LogP contribution in [0, 0.1) is 11.8 Å². The highest BCUT2D eigenvalue weighted by molar-refractivity contribution is 5.70. The molecule has 1 unspecified atom stereocenters. The first kappa shape index (κ1) is 15.8. The van der Waals surface area contributed by atoms with Gasteiger partial charge >= 0.3 is 0 Å². The zero-order valence-corrected chi connectivity index (χ0v) is 12.4. The first-order chi connectivity index (χ1) is 8.90. The zero-order chi connectivity index (χ0) is 14.4. The molecule has 1 rings (SSSR count). The van der Waals surface area contributed by atoms with Crippen molar-refractivity contribution >= 4 is 5.57 Å². The lowest BCUT2D eigenvalue weighted by Gasteiger charge is -2.16. The van der Waals surface area contributed by atoms with Crippen molar-refractivity contribution in [2.75, 3.05) is 0 Å². The maximum atomic E-state index is 10.1. The van der Waals surface area contributed by atoms with Gasteiger partial charge < -0.3 is 10.2 Å². The Labute approximate surface area is 116 Å². The maximum absolute atomic E-state index is 10.1. The smallest absolute Gasteiger partial charge is 0.123 e. The molecule has 0 amide bonds. The highest BCUT2D eigenvalue weighted by Gasteiger charge is 2.12. The number of phenols is 1. The highest BCUT2D eigenvalue weighted by Crippen LogP contribution is 2.30. The molecule has 1 aromatic rings. The minimum absolute atomic E-state index is 0.283. The fourth-order valence-corrected chi connectivity index (χ4v) is 2.24. The van der Waals surface area contributed by atoms with Crippen molar-refractivity contribution in [3.63, 3.8) is 0 Å². The summed E-state index contributed by atoms with van der Waals surface area (Å²) < 4.78 is 0. The third-order valence-corrected chi connectivity index (χ3v) is 2.98. The summed E-state index contributed by atoms with van der Waals surface area (Å²) in [6.07, 6.45) is 3.05. The lowest BCUT2D eigenvalue weighted by atomic mass is 9.93. The van der Waals surface area contributed by atoms with Crippen LogP contribution in [-0.4, -0.2) is 16.3 Å². The van der Waals surface area contributed by atoms with Gasteiger partial charge in [-0.25, -0.2) is 0 Å². The minimum atomic E-state index is -0.451. The normalized spacial score (nSPS) is 14.2. The number of allylic oxidation sites excluding steroid dienone is 1. The summed E-state index contributed by atoms with van der Waals surface area (Å²) in [6, 6.07) is 7.33. The first-order valence-electron chi connectivity index (χ1n) is 7.07. The second-order valence-corrected chi connectivity index (χ2v) is 6.00. The quantitative estimate of drug-likeness (QED) is 0.805. The van der Waals surface area contributed by atoms with E-state index in [0.29, 0.717) is 11.8 Å².